The minimum atomic E-state index is -0.0629. The second kappa shape index (κ2) is 8.00. The average molecular weight is 411 g/mol. The molecule has 4 aliphatic heterocycles. The Hall–Kier alpha value is -2.45. The number of aliphatic imine (C=N–C) groups is 1. The zero-order valence-electron chi connectivity index (χ0n) is 17.8. The van der Waals surface area contributed by atoms with Gasteiger partial charge >= 0.3 is 6.03 Å². The lowest BCUT2D eigenvalue weighted by Crippen LogP contribution is -2.50. The third-order valence-electron chi connectivity index (χ3n) is 6.77. The van der Waals surface area contributed by atoms with Crippen LogP contribution >= 0.6 is 0 Å². The van der Waals surface area contributed by atoms with Crippen molar-refractivity contribution in [1.29, 1.82) is 0 Å². The number of nitrogens with zero attached hydrogens (tertiary/aromatic N) is 5. The molecule has 2 saturated heterocycles. The summed E-state index contributed by atoms with van der Waals surface area (Å²) in [5, 5.41) is 3.08. The van der Waals surface area contributed by atoms with Gasteiger partial charge in [0, 0.05) is 57.2 Å². The number of nitrogens with one attached hydrogen (secondary N) is 1. The summed E-state index contributed by atoms with van der Waals surface area (Å²) >= 11 is 0. The first-order valence-corrected chi connectivity index (χ1v) is 10.9. The third-order valence-corrected chi connectivity index (χ3v) is 6.77. The van der Waals surface area contributed by atoms with Crippen molar-refractivity contribution in [2.75, 3.05) is 33.0 Å². The lowest BCUT2D eigenvalue weighted by Gasteiger charge is -2.32. The summed E-state index contributed by atoms with van der Waals surface area (Å²) < 4.78 is 5.48. The Morgan fingerprint density at radius 1 is 1.27 bits per heavy atom. The molecule has 8 heteroatoms. The number of pyridine rings is 1. The van der Waals surface area contributed by atoms with Gasteiger partial charge in [-0.1, -0.05) is 13.0 Å². The third kappa shape index (κ3) is 3.70. The van der Waals surface area contributed by atoms with Gasteiger partial charge in [-0.05, 0) is 37.3 Å². The van der Waals surface area contributed by atoms with Crippen molar-refractivity contribution >= 4 is 11.9 Å². The minimum Gasteiger partial charge on any atom is -0.381 e. The molecule has 5 heterocycles. The van der Waals surface area contributed by atoms with E-state index in [1.54, 1.807) is 4.90 Å². The molecule has 0 radical (unpaired) electrons. The van der Waals surface area contributed by atoms with E-state index in [2.05, 4.69) is 46.2 Å². The number of aryl methyl sites for hydroxylation is 1. The fourth-order valence-electron chi connectivity index (χ4n) is 4.94. The van der Waals surface area contributed by atoms with E-state index in [0.29, 0.717) is 18.6 Å². The van der Waals surface area contributed by atoms with Crippen molar-refractivity contribution in [1.82, 2.24) is 25.0 Å². The molecule has 5 rings (SSSR count). The fraction of sp³-hybridized carbons (Fsp3) is 0.591. The van der Waals surface area contributed by atoms with Crippen LogP contribution in [0.2, 0.25) is 0 Å². The van der Waals surface area contributed by atoms with Crippen LogP contribution in [0.25, 0.3) is 0 Å². The maximum atomic E-state index is 12.8. The number of hydrogen-bond acceptors (Lipinski definition) is 6. The summed E-state index contributed by atoms with van der Waals surface area (Å²) in [6.07, 6.45) is 5.91. The first kappa shape index (κ1) is 19.5. The molecule has 4 aliphatic rings. The number of urea groups is 1. The molecule has 1 aromatic heterocycles. The SMILES string of the molecule is Cc1cccnc1CN1CC(C)C(C2=NC3=CN(C4CCOCC4)CN3C(=O)N2)C1. The quantitative estimate of drug-likeness (QED) is 0.823. The second-order valence-corrected chi connectivity index (χ2v) is 8.89. The average Bonchev–Trinajstić information content (AvgIpc) is 3.34. The number of ether oxygens (including phenoxy) is 1. The number of likely N-dealkylation sites (tertiary alicyclic amines) is 1. The van der Waals surface area contributed by atoms with Crippen molar-refractivity contribution in [3.8, 4) is 0 Å². The van der Waals surface area contributed by atoms with Gasteiger partial charge in [-0.3, -0.25) is 20.1 Å². The van der Waals surface area contributed by atoms with E-state index < -0.39 is 0 Å². The Labute approximate surface area is 177 Å². The number of hydrogen-bond donors (Lipinski definition) is 1. The zero-order valence-corrected chi connectivity index (χ0v) is 17.8. The van der Waals surface area contributed by atoms with Crippen molar-refractivity contribution < 1.29 is 9.53 Å². The molecular formula is C22H30N6O2. The van der Waals surface area contributed by atoms with Crippen LogP contribution in [-0.2, 0) is 11.3 Å². The standard InChI is InChI=1S/C22H30N6O2/c1-15-4-3-7-23-19(15)12-26-10-16(2)18(11-26)21-24-20-13-27(14-28(20)22(29)25-21)17-5-8-30-9-6-17/h3-4,7,13,16-18H,5-6,8-12,14H2,1-2H3,(H,24,25,29). The van der Waals surface area contributed by atoms with E-state index in [4.69, 9.17) is 9.73 Å². The summed E-state index contributed by atoms with van der Waals surface area (Å²) in [7, 11) is 0. The van der Waals surface area contributed by atoms with Gasteiger partial charge in [0.15, 0.2) is 5.82 Å². The van der Waals surface area contributed by atoms with Crippen molar-refractivity contribution in [2.45, 2.75) is 39.3 Å². The van der Waals surface area contributed by atoms with Gasteiger partial charge in [0.25, 0.3) is 0 Å². The van der Waals surface area contributed by atoms with Crippen LogP contribution < -0.4 is 5.32 Å². The number of amidine groups is 1. The summed E-state index contributed by atoms with van der Waals surface area (Å²) in [4.78, 5) is 28.7. The van der Waals surface area contributed by atoms with Crippen molar-refractivity contribution in [2.24, 2.45) is 16.8 Å². The number of carbonyl (C=O) groups is 1. The van der Waals surface area contributed by atoms with Gasteiger partial charge < -0.3 is 9.64 Å². The molecule has 160 valence electrons. The lowest BCUT2D eigenvalue weighted by molar-refractivity contribution is 0.0459. The van der Waals surface area contributed by atoms with Crippen LogP contribution in [-0.4, -0.2) is 70.6 Å². The molecular weight excluding hydrogens is 380 g/mol. The Morgan fingerprint density at radius 2 is 2.10 bits per heavy atom. The highest BCUT2D eigenvalue weighted by Crippen LogP contribution is 2.30. The second-order valence-electron chi connectivity index (χ2n) is 8.89. The molecule has 2 unspecified atom stereocenters. The number of carbonyl (C=O) groups excluding carboxylic acids is 1. The highest BCUT2D eigenvalue weighted by molar-refractivity contribution is 6.02. The van der Waals surface area contributed by atoms with E-state index in [-0.39, 0.29) is 11.9 Å². The maximum absolute atomic E-state index is 12.8. The van der Waals surface area contributed by atoms with Gasteiger partial charge in [-0.25, -0.2) is 9.79 Å². The predicted octanol–water partition coefficient (Wildman–Crippen LogP) is 2.13. The van der Waals surface area contributed by atoms with E-state index in [0.717, 1.165) is 63.0 Å². The minimum absolute atomic E-state index is 0.0629. The first-order chi connectivity index (χ1) is 14.6. The first-order valence-electron chi connectivity index (χ1n) is 10.9. The molecule has 1 aromatic rings. The molecule has 0 aliphatic carbocycles. The number of rotatable bonds is 4. The summed E-state index contributed by atoms with van der Waals surface area (Å²) in [6, 6.07) is 4.44. The smallest absolute Gasteiger partial charge is 0.329 e. The molecule has 0 aromatic carbocycles. The van der Waals surface area contributed by atoms with E-state index in [1.807, 2.05) is 12.3 Å². The van der Waals surface area contributed by atoms with Crippen LogP contribution in [0.15, 0.2) is 35.3 Å². The molecule has 2 atom stereocenters. The molecule has 1 N–H and O–H groups in total. The van der Waals surface area contributed by atoms with Crippen molar-refractivity contribution in [3.63, 3.8) is 0 Å². The molecule has 0 bridgehead atoms. The fourth-order valence-corrected chi connectivity index (χ4v) is 4.94. The summed E-state index contributed by atoms with van der Waals surface area (Å²) in [5.74, 6) is 2.22. The molecule has 0 spiro atoms. The predicted molar refractivity (Wildman–Crippen MR) is 113 cm³/mol. The van der Waals surface area contributed by atoms with Gasteiger partial charge in [-0.2, -0.15) is 0 Å². The van der Waals surface area contributed by atoms with Crippen LogP contribution in [0.1, 0.15) is 31.0 Å². The van der Waals surface area contributed by atoms with E-state index in [9.17, 15) is 4.79 Å². The molecule has 0 saturated carbocycles. The summed E-state index contributed by atoms with van der Waals surface area (Å²) in [6.45, 7) is 9.20. The van der Waals surface area contributed by atoms with Gasteiger partial charge in [0.2, 0.25) is 0 Å². The van der Waals surface area contributed by atoms with Crippen LogP contribution in [0, 0.1) is 18.8 Å². The Morgan fingerprint density at radius 3 is 2.90 bits per heavy atom. The van der Waals surface area contributed by atoms with Crippen LogP contribution in [0.5, 0.6) is 0 Å². The molecule has 30 heavy (non-hydrogen) atoms. The van der Waals surface area contributed by atoms with E-state index in [1.165, 1.54) is 5.56 Å². The maximum Gasteiger partial charge on any atom is 0.329 e. The Kier molecular flexibility index (Phi) is 5.20. The monoisotopic (exact) mass is 410 g/mol. The molecule has 8 nitrogen and oxygen atoms in total. The number of fused-ring (bicyclic) bond motifs is 1. The number of amides is 2. The lowest BCUT2D eigenvalue weighted by atomic mass is 9.96. The van der Waals surface area contributed by atoms with Gasteiger partial charge in [0.05, 0.1) is 5.69 Å². The molecule has 2 fully saturated rings. The number of aromatic nitrogens is 1. The van der Waals surface area contributed by atoms with Gasteiger partial charge in [0.1, 0.15) is 12.5 Å². The normalized spacial score (nSPS) is 27.7. The van der Waals surface area contributed by atoms with E-state index >= 15 is 0 Å². The zero-order chi connectivity index (χ0) is 20.7. The highest BCUT2D eigenvalue weighted by atomic mass is 16.5. The highest BCUT2D eigenvalue weighted by Gasteiger charge is 2.40. The summed E-state index contributed by atoms with van der Waals surface area (Å²) in [5.41, 5.74) is 2.34. The van der Waals surface area contributed by atoms with Crippen LogP contribution in [0.3, 0.4) is 0 Å². The van der Waals surface area contributed by atoms with Gasteiger partial charge in [-0.15, -0.1) is 0 Å². The Bertz CT molecular complexity index is 878. The largest absolute Gasteiger partial charge is 0.381 e. The van der Waals surface area contributed by atoms with Crippen molar-refractivity contribution in [3.05, 3.63) is 41.6 Å². The Balaban J connectivity index is 1.30. The topological polar surface area (TPSA) is 73.3 Å². The van der Waals surface area contributed by atoms with Crippen LogP contribution in [0.4, 0.5) is 4.79 Å². The molecule has 2 amide bonds.